The normalized spacial score (nSPS) is 20.6. The van der Waals surface area contributed by atoms with Gasteiger partial charge in [0.2, 0.25) is 0 Å². The van der Waals surface area contributed by atoms with Crippen LogP contribution in [0.2, 0.25) is 0 Å². The van der Waals surface area contributed by atoms with Gasteiger partial charge in [-0.3, -0.25) is 0 Å². The van der Waals surface area contributed by atoms with Gasteiger partial charge in [0.05, 0.1) is 6.61 Å². The molecule has 0 bridgehead atoms. The zero-order valence-corrected chi connectivity index (χ0v) is 12.1. The van der Waals surface area contributed by atoms with E-state index in [1.165, 1.54) is 45.2 Å². The van der Waals surface area contributed by atoms with Crippen LogP contribution < -0.4 is 0 Å². The molecule has 0 aliphatic carbocycles. The molecule has 17 heavy (non-hydrogen) atoms. The van der Waals surface area contributed by atoms with Crippen LogP contribution in [0, 0.1) is 11.8 Å². The van der Waals surface area contributed by atoms with E-state index in [9.17, 15) is 0 Å². The van der Waals surface area contributed by atoms with E-state index in [2.05, 4.69) is 25.7 Å². The third-order valence-electron chi connectivity index (χ3n) is 4.24. The van der Waals surface area contributed by atoms with Crippen molar-refractivity contribution < 1.29 is 4.74 Å². The van der Waals surface area contributed by atoms with Crippen molar-refractivity contribution in [2.45, 2.75) is 52.9 Å². The molecule has 0 radical (unpaired) electrons. The van der Waals surface area contributed by atoms with E-state index in [1.807, 2.05) is 0 Å². The van der Waals surface area contributed by atoms with Crippen LogP contribution in [0.1, 0.15) is 52.9 Å². The van der Waals surface area contributed by atoms with Crippen molar-refractivity contribution in [2.24, 2.45) is 11.8 Å². The van der Waals surface area contributed by atoms with E-state index in [0.29, 0.717) is 0 Å². The maximum Gasteiger partial charge on any atom is 0.0593 e. The van der Waals surface area contributed by atoms with Crippen LogP contribution in [-0.4, -0.2) is 37.7 Å². The predicted molar refractivity (Wildman–Crippen MR) is 74.3 cm³/mol. The van der Waals surface area contributed by atoms with Gasteiger partial charge in [-0.25, -0.2) is 0 Å². The fourth-order valence-corrected chi connectivity index (χ4v) is 3.13. The Kier molecular flexibility index (Phi) is 7.87. The van der Waals surface area contributed by atoms with Crippen LogP contribution in [0.15, 0.2) is 0 Å². The van der Waals surface area contributed by atoms with E-state index in [-0.39, 0.29) is 0 Å². The van der Waals surface area contributed by atoms with Crippen molar-refractivity contribution in [3.8, 4) is 0 Å². The molecule has 1 rings (SSSR count). The lowest BCUT2D eigenvalue weighted by atomic mass is 9.80. The summed E-state index contributed by atoms with van der Waals surface area (Å²) in [6.07, 6.45) is 6.97. The fourth-order valence-electron chi connectivity index (χ4n) is 3.13. The molecule has 1 unspecified atom stereocenters. The van der Waals surface area contributed by atoms with Crippen LogP contribution in [0.3, 0.4) is 0 Å². The minimum atomic E-state index is 0.852. The molecule has 1 aliphatic rings. The smallest absolute Gasteiger partial charge is 0.0593 e. The average molecular weight is 241 g/mol. The third-order valence-corrected chi connectivity index (χ3v) is 4.24. The Morgan fingerprint density at radius 3 is 2.41 bits per heavy atom. The van der Waals surface area contributed by atoms with Gasteiger partial charge in [0.1, 0.15) is 0 Å². The van der Waals surface area contributed by atoms with Gasteiger partial charge in [0, 0.05) is 13.2 Å². The van der Waals surface area contributed by atoms with Crippen LogP contribution in [-0.2, 0) is 4.74 Å². The van der Waals surface area contributed by atoms with Crippen LogP contribution >= 0.6 is 0 Å². The van der Waals surface area contributed by atoms with E-state index in [4.69, 9.17) is 4.74 Å². The van der Waals surface area contributed by atoms with E-state index < -0.39 is 0 Å². The van der Waals surface area contributed by atoms with Gasteiger partial charge in [0.25, 0.3) is 0 Å². The molecule has 1 aliphatic heterocycles. The molecule has 0 aromatic rings. The monoisotopic (exact) mass is 241 g/mol. The molecule has 0 amide bonds. The van der Waals surface area contributed by atoms with Crippen molar-refractivity contribution in [1.82, 2.24) is 4.90 Å². The molecule has 1 fully saturated rings. The molecular formula is C15H31NO. The Hall–Kier alpha value is -0.0800. The zero-order chi connectivity index (χ0) is 12.5. The second-order valence-corrected chi connectivity index (χ2v) is 5.33. The highest BCUT2D eigenvalue weighted by Gasteiger charge is 2.24. The van der Waals surface area contributed by atoms with Crippen LogP contribution in [0.5, 0.6) is 0 Å². The van der Waals surface area contributed by atoms with Gasteiger partial charge in [-0.05, 0) is 44.7 Å². The second-order valence-electron chi connectivity index (χ2n) is 5.33. The number of hydrogen-bond donors (Lipinski definition) is 0. The Balaban J connectivity index is 2.19. The molecule has 1 atom stereocenters. The van der Waals surface area contributed by atoms with E-state index >= 15 is 0 Å². The summed E-state index contributed by atoms with van der Waals surface area (Å²) in [5.74, 6) is 1.97. The summed E-state index contributed by atoms with van der Waals surface area (Å²) in [5.41, 5.74) is 0. The van der Waals surface area contributed by atoms with Gasteiger partial charge in [0.15, 0.2) is 0 Å². The van der Waals surface area contributed by atoms with Gasteiger partial charge >= 0.3 is 0 Å². The summed E-state index contributed by atoms with van der Waals surface area (Å²) in [6, 6.07) is 0. The lowest BCUT2D eigenvalue weighted by Gasteiger charge is -2.35. The van der Waals surface area contributed by atoms with Crippen molar-refractivity contribution in [1.29, 1.82) is 0 Å². The Morgan fingerprint density at radius 2 is 1.88 bits per heavy atom. The summed E-state index contributed by atoms with van der Waals surface area (Å²) in [5, 5.41) is 0. The highest BCUT2D eigenvalue weighted by molar-refractivity contribution is 4.77. The first-order chi connectivity index (χ1) is 8.31. The molecule has 102 valence electrons. The highest BCUT2D eigenvalue weighted by atomic mass is 16.5. The first kappa shape index (κ1) is 15.0. The van der Waals surface area contributed by atoms with Crippen molar-refractivity contribution in [3.63, 3.8) is 0 Å². The molecule has 1 heterocycles. The van der Waals surface area contributed by atoms with Crippen LogP contribution in [0.4, 0.5) is 0 Å². The molecule has 2 nitrogen and oxygen atoms in total. The van der Waals surface area contributed by atoms with Crippen molar-refractivity contribution >= 4 is 0 Å². The topological polar surface area (TPSA) is 12.5 Å². The Labute approximate surface area is 108 Å². The van der Waals surface area contributed by atoms with Crippen molar-refractivity contribution in [3.05, 3.63) is 0 Å². The number of likely N-dealkylation sites (tertiary alicyclic amines) is 1. The summed E-state index contributed by atoms with van der Waals surface area (Å²) in [7, 11) is 0. The standard InChI is InChI=1S/C15H31NO/c1-4-7-14(5-2)15-8-10-16(11-9-15)12-13-17-6-3/h14-15H,4-13H2,1-3H3. The molecule has 0 N–H and O–H groups in total. The minimum Gasteiger partial charge on any atom is -0.380 e. The Morgan fingerprint density at radius 1 is 1.18 bits per heavy atom. The average Bonchev–Trinajstić information content (AvgIpc) is 2.37. The van der Waals surface area contributed by atoms with E-state index in [0.717, 1.165) is 31.6 Å². The lowest BCUT2D eigenvalue weighted by molar-refractivity contribution is 0.0844. The van der Waals surface area contributed by atoms with Gasteiger partial charge in [-0.2, -0.15) is 0 Å². The number of rotatable bonds is 8. The molecule has 0 aromatic carbocycles. The minimum absolute atomic E-state index is 0.852. The van der Waals surface area contributed by atoms with Crippen molar-refractivity contribution in [2.75, 3.05) is 32.8 Å². The molecular weight excluding hydrogens is 210 g/mol. The second kappa shape index (κ2) is 8.93. The molecule has 2 heteroatoms. The SMILES string of the molecule is CCCC(CC)C1CCN(CCOCC)CC1. The number of piperidine rings is 1. The lowest BCUT2D eigenvalue weighted by Crippen LogP contribution is -2.38. The molecule has 0 aromatic heterocycles. The molecule has 1 saturated heterocycles. The summed E-state index contributed by atoms with van der Waals surface area (Å²) >= 11 is 0. The third kappa shape index (κ3) is 5.39. The fraction of sp³-hybridized carbons (Fsp3) is 1.00. The highest BCUT2D eigenvalue weighted by Crippen LogP contribution is 2.30. The molecule has 0 spiro atoms. The maximum absolute atomic E-state index is 5.43. The van der Waals surface area contributed by atoms with Gasteiger partial charge < -0.3 is 9.64 Å². The first-order valence-corrected chi connectivity index (χ1v) is 7.61. The van der Waals surface area contributed by atoms with Crippen LogP contribution in [0.25, 0.3) is 0 Å². The summed E-state index contributed by atoms with van der Waals surface area (Å²) in [4.78, 5) is 2.57. The summed E-state index contributed by atoms with van der Waals surface area (Å²) < 4.78 is 5.43. The zero-order valence-electron chi connectivity index (χ0n) is 12.1. The maximum atomic E-state index is 5.43. The number of hydrogen-bond acceptors (Lipinski definition) is 2. The number of ether oxygens (including phenoxy) is 1. The number of nitrogens with zero attached hydrogens (tertiary/aromatic N) is 1. The largest absolute Gasteiger partial charge is 0.380 e. The first-order valence-electron chi connectivity index (χ1n) is 7.61. The van der Waals surface area contributed by atoms with E-state index in [1.54, 1.807) is 0 Å². The quantitative estimate of drug-likeness (QED) is 0.602. The van der Waals surface area contributed by atoms with Gasteiger partial charge in [-0.15, -0.1) is 0 Å². The molecule has 0 saturated carbocycles. The van der Waals surface area contributed by atoms with Gasteiger partial charge in [-0.1, -0.05) is 33.1 Å². The Bertz CT molecular complexity index is 176. The predicted octanol–water partition coefficient (Wildman–Crippen LogP) is 3.56. The summed E-state index contributed by atoms with van der Waals surface area (Å²) in [6.45, 7) is 12.2.